The lowest BCUT2D eigenvalue weighted by atomic mass is 10.1. The van der Waals surface area contributed by atoms with Crippen LogP contribution < -0.4 is 0 Å². The minimum Gasteiger partial charge on any atom is -0.476 e. The summed E-state index contributed by atoms with van der Waals surface area (Å²) in [6.07, 6.45) is 1.86. The van der Waals surface area contributed by atoms with E-state index in [4.69, 9.17) is 5.11 Å². The van der Waals surface area contributed by atoms with Gasteiger partial charge in [0.15, 0.2) is 5.69 Å². The molecule has 0 fully saturated rings. The van der Waals surface area contributed by atoms with Gasteiger partial charge in [-0.25, -0.2) is 9.78 Å². The molecule has 0 atom stereocenters. The number of carboxylic acid groups (broad SMARTS) is 1. The van der Waals surface area contributed by atoms with E-state index in [2.05, 4.69) is 4.98 Å². The fourth-order valence-electron chi connectivity index (χ4n) is 1.93. The van der Waals surface area contributed by atoms with Crippen LogP contribution in [0.15, 0.2) is 18.3 Å². The fraction of sp³-hybridized carbons (Fsp3) is 0.333. The van der Waals surface area contributed by atoms with Gasteiger partial charge in [0, 0.05) is 6.20 Å². The Balaban J connectivity index is 2.86. The first kappa shape index (κ1) is 10.7. The van der Waals surface area contributed by atoms with Crippen LogP contribution in [0.4, 0.5) is 0 Å². The lowest BCUT2D eigenvalue weighted by Gasteiger charge is -2.06. The summed E-state index contributed by atoms with van der Waals surface area (Å²) in [5, 5.41) is 9.13. The van der Waals surface area contributed by atoms with Crippen LogP contribution in [0.5, 0.6) is 0 Å². The second kappa shape index (κ2) is 3.63. The Morgan fingerprint density at radius 3 is 2.75 bits per heavy atom. The molecule has 0 unspecified atom stereocenters. The number of aryl methyl sites for hydroxylation is 1. The van der Waals surface area contributed by atoms with Gasteiger partial charge >= 0.3 is 5.97 Å². The molecule has 0 aliphatic carbocycles. The molecule has 4 heteroatoms. The maximum atomic E-state index is 11.1. The van der Waals surface area contributed by atoms with E-state index in [0.29, 0.717) is 0 Å². The smallest absolute Gasteiger partial charge is 0.356 e. The number of nitrogens with zero attached hydrogens (tertiary/aromatic N) is 2. The molecule has 2 aromatic rings. The highest BCUT2D eigenvalue weighted by Gasteiger charge is 2.20. The van der Waals surface area contributed by atoms with Gasteiger partial charge in [0.2, 0.25) is 0 Å². The van der Waals surface area contributed by atoms with Crippen molar-refractivity contribution >= 4 is 11.6 Å². The van der Waals surface area contributed by atoms with Gasteiger partial charge in [0.05, 0.1) is 5.69 Å². The summed E-state index contributed by atoms with van der Waals surface area (Å²) in [6, 6.07) is 3.83. The molecule has 0 aliphatic rings. The van der Waals surface area contributed by atoms with Gasteiger partial charge in [-0.15, -0.1) is 0 Å². The van der Waals surface area contributed by atoms with Crippen LogP contribution in [0.1, 0.15) is 41.5 Å². The van der Waals surface area contributed by atoms with Gasteiger partial charge in [-0.3, -0.25) is 0 Å². The zero-order valence-electron chi connectivity index (χ0n) is 9.56. The summed E-state index contributed by atoms with van der Waals surface area (Å²) >= 11 is 0. The number of rotatable bonds is 2. The third-order valence-electron chi connectivity index (χ3n) is 2.63. The molecule has 84 valence electrons. The van der Waals surface area contributed by atoms with Crippen molar-refractivity contribution in [3.05, 3.63) is 35.3 Å². The summed E-state index contributed by atoms with van der Waals surface area (Å²) in [6.45, 7) is 5.87. The number of imidazole rings is 1. The van der Waals surface area contributed by atoms with E-state index in [1.807, 2.05) is 43.5 Å². The molecule has 2 aromatic heterocycles. The van der Waals surface area contributed by atoms with Crippen LogP contribution in [-0.2, 0) is 0 Å². The number of carbonyl (C=O) groups is 1. The van der Waals surface area contributed by atoms with Gasteiger partial charge in [-0.1, -0.05) is 19.9 Å². The predicted octanol–water partition coefficient (Wildman–Crippen LogP) is 2.46. The molecular weight excluding hydrogens is 204 g/mol. The maximum Gasteiger partial charge on any atom is 0.356 e. The Hall–Kier alpha value is -1.84. The van der Waals surface area contributed by atoms with Crippen LogP contribution in [-0.4, -0.2) is 20.5 Å². The molecule has 0 bridgehead atoms. The number of aromatic carboxylic acids is 1. The van der Waals surface area contributed by atoms with Gasteiger partial charge in [0.1, 0.15) is 5.65 Å². The number of aromatic nitrogens is 2. The van der Waals surface area contributed by atoms with E-state index in [1.54, 1.807) is 0 Å². The molecule has 4 nitrogen and oxygen atoms in total. The van der Waals surface area contributed by atoms with Crippen LogP contribution >= 0.6 is 0 Å². The van der Waals surface area contributed by atoms with E-state index in [9.17, 15) is 4.79 Å². The van der Waals surface area contributed by atoms with Crippen molar-refractivity contribution in [2.75, 3.05) is 0 Å². The molecule has 2 rings (SSSR count). The van der Waals surface area contributed by atoms with Crippen molar-refractivity contribution in [1.29, 1.82) is 0 Å². The minimum atomic E-state index is -0.966. The Kier molecular flexibility index (Phi) is 2.42. The Morgan fingerprint density at radius 1 is 1.50 bits per heavy atom. The number of hydrogen-bond donors (Lipinski definition) is 1. The van der Waals surface area contributed by atoms with Gasteiger partial charge in [-0.2, -0.15) is 0 Å². The number of pyridine rings is 1. The van der Waals surface area contributed by atoms with Crippen LogP contribution in [0, 0.1) is 6.92 Å². The average molecular weight is 218 g/mol. The summed E-state index contributed by atoms with van der Waals surface area (Å²) in [5.74, 6) is -0.838. The maximum absolute atomic E-state index is 11.1. The monoisotopic (exact) mass is 218 g/mol. The van der Waals surface area contributed by atoms with E-state index < -0.39 is 5.97 Å². The van der Waals surface area contributed by atoms with Crippen LogP contribution in [0.2, 0.25) is 0 Å². The highest BCUT2D eigenvalue weighted by Crippen LogP contribution is 2.22. The molecule has 0 saturated heterocycles. The molecule has 1 N–H and O–H groups in total. The Bertz CT molecular complexity index is 555. The number of hydrogen-bond acceptors (Lipinski definition) is 2. The molecule has 0 aromatic carbocycles. The highest BCUT2D eigenvalue weighted by molar-refractivity contribution is 5.88. The number of fused-ring (bicyclic) bond motifs is 1. The molecule has 16 heavy (non-hydrogen) atoms. The lowest BCUT2D eigenvalue weighted by molar-refractivity contribution is 0.0689. The largest absolute Gasteiger partial charge is 0.476 e. The van der Waals surface area contributed by atoms with Crippen LogP contribution in [0.25, 0.3) is 5.65 Å². The minimum absolute atomic E-state index is 0.128. The first-order valence-electron chi connectivity index (χ1n) is 5.23. The first-order chi connectivity index (χ1) is 7.52. The second-order valence-corrected chi connectivity index (χ2v) is 4.19. The lowest BCUT2D eigenvalue weighted by Crippen LogP contribution is -2.04. The Morgan fingerprint density at radius 2 is 2.19 bits per heavy atom. The molecule has 0 saturated carbocycles. The van der Waals surface area contributed by atoms with Gasteiger partial charge in [0.25, 0.3) is 0 Å². The summed E-state index contributed by atoms with van der Waals surface area (Å²) < 4.78 is 1.86. The van der Waals surface area contributed by atoms with E-state index in [1.165, 1.54) is 0 Å². The van der Waals surface area contributed by atoms with E-state index in [0.717, 1.165) is 16.9 Å². The van der Waals surface area contributed by atoms with Crippen molar-refractivity contribution in [2.24, 2.45) is 0 Å². The van der Waals surface area contributed by atoms with Gasteiger partial charge < -0.3 is 9.51 Å². The summed E-state index contributed by atoms with van der Waals surface area (Å²) in [4.78, 5) is 15.3. The molecule has 2 heterocycles. The Labute approximate surface area is 93.5 Å². The van der Waals surface area contributed by atoms with Crippen molar-refractivity contribution in [3.8, 4) is 0 Å². The van der Waals surface area contributed by atoms with Crippen LogP contribution in [0.3, 0.4) is 0 Å². The highest BCUT2D eigenvalue weighted by atomic mass is 16.4. The normalized spacial score (nSPS) is 11.2. The molecule has 0 aliphatic heterocycles. The van der Waals surface area contributed by atoms with Crippen molar-refractivity contribution in [1.82, 2.24) is 9.38 Å². The van der Waals surface area contributed by atoms with Crippen molar-refractivity contribution in [3.63, 3.8) is 0 Å². The zero-order valence-corrected chi connectivity index (χ0v) is 9.56. The third-order valence-corrected chi connectivity index (χ3v) is 2.63. The average Bonchev–Trinajstić information content (AvgIpc) is 2.58. The van der Waals surface area contributed by atoms with Gasteiger partial charge in [-0.05, 0) is 24.5 Å². The topological polar surface area (TPSA) is 54.6 Å². The predicted molar refractivity (Wildman–Crippen MR) is 61.0 cm³/mol. The SMILES string of the molecule is Cc1cccn2c(C(C)C)c(C(=O)O)nc12. The van der Waals surface area contributed by atoms with E-state index >= 15 is 0 Å². The fourth-order valence-corrected chi connectivity index (χ4v) is 1.93. The molecular formula is C12H14N2O2. The quantitative estimate of drug-likeness (QED) is 0.842. The first-order valence-corrected chi connectivity index (χ1v) is 5.23. The summed E-state index contributed by atoms with van der Waals surface area (Å²) in [5.41, 5.74) is 2.62. The second-order valence-electron chi connectivity index (χ2n) is 4.19. The molecule has 0 radical (unpaired) electrons. The number of carboxylic acids is 1. The van der Waals surface area contributed by atoms with E-state index in [-0.39, 0.29) is 11.6 Å². The third kappa shape index (κ3) is 1.46. The van der Waals surface area contributed by atoms with Crippen molar-refractivity contribution in [2.45, 2.75) is 26.7 Å². The molecule has 0 amide bonds. The zero-order chi connectivity index (χ0) is 11.9. The van der Waals surface area contributed by atoms with Crippen molar-refractivity contribution < 1.29 is 9.90 Å². The summed E-state index contributed by atoms with van der Waals surface area (Å²) in [7, 11) is 0. The standard InChI is InChI=1S/C12H14N2O2/c1-7(2)10-9(12(15)16)13-11-8(3)5-4-6-14(10)11/h4-7H,1-3H3,(H,15,16). The molecule has 0 spiro atoms.